The molecule has 0 saturated carbocycles. The Bertz CT molecular complexity index is 744. The molecule has 24 heavy (non-hydrogen) atoms. The van der Waals surface area contributed by atoms with Gasteiger partial charge in [-0.15, -0.1) is 0 Å². The molecule has 0 aliphatic carbocycles. The standard InChI is InChI=1S/C18H21N3O3/c1-3-13-7-8-15(22)14(11-13)18(24)19-10-9-17(23)21-16-6-4-5-12(2)20-16/h4-8,11,22H,3,9-10H2,1-2H3,(H,19,24)(H,20,21,23). The SMILES string of the molecule is CCc1ccc(O)c(C(=O)NCCC(=O)Nc2cccc(C)n2)c1. The van der Waals surface area contributed by atoms with Gasteiger partial charge in [-0.1, -0.05) is 19.1 Å². The van der Waals surface area contributed by atoms with Gasteiger partial charge in [0.25, 0.3) is 5.91 Å². The van der Waals surface area contributed by atoms with Gasteiger partial charge < -0.3 is 15.7 Å². The number of carbonyl (C=O) groups excluding carboxylic acids is 2. The first-order chi connectivity index (χ1) is 11.5. The van der Waals surface area contributed by atoms with Crippen LogP contribution < -0.4 is 10.6 Å². The van der Waals surface area contributed by atoms with Crippen molar-refractivity contribution >= 4 is 17.6 Å². The van der Waals surface area contributed by atoms with Crippen LogP contribution in [-0.2, 0) is 11.2 Å². The molecule has 0 spiro atoms. The number of anilines is 1. The van der Waals surface area contributed by atoms with Gasteiger partial charge in [-0.3, -0.25) is 9.59 Å². The first-order valence-corrected chi connectivity index (χ1v) is 7.83. The van der Waals surface area contributed by atoms with Crippen LogP contribution in [0.3, 0.4) is 0 Å². The third-order valence-electron chi connectivity index (χ3n) is 3.51. The number of phenols is 1. The minimum absolute atomic E-state index is 0.0712. The Hall–Kier alpha value is -2.89. The lowest BCUT2D eigenvalue weighted by atomic mass is 10.1. The van der Waals surface area contributed by atoms with E-state index in [4.69, 9.17) is 0 Å². The van der Waals surface area contributed by atoms with Crippen LogP contribution >= 0.6 is 0 Å². The second-order valence-corrected chi connectivity index (χ2v) is 5.42. The molecule has 0 fully saturated rings. The van der Waals surface area contributed by atoms with E-state index in [0.717, 1.165) is 17.7 Å². The minimum Gasteiger partial charge on any atom is -0.507 e. The zero-order valence-corrected chi connectivity index (χ0v) is 13.8. The van der Waals surface area contributed by atoms with Crippen molar-refractivity contribution in [3.8, 4) is 5.75 Å². The van der Waals surface area contributed by atoms with E-state index in [2.05, 4.69) is 15.6 Å². The van der Waals surface area contributed by atoms with Crippen molar-refractivity contribution < 1.29 is 14.7 Å². The number of amides is 2. The Kier molecular flexibility index (Phi) is 5.89. The van der Waals surface area contributed by atoms with Crippen LogP contribution in [0.5, 0.6) is 5.75 Å². The molecule has 0 atom stereocenters. The fraction of sp³-hybridized carbons (Fsp3) is 0.278. The molecule has 0 bridgehead atoms. The second-order valence-electron chi connectivity index (χ2n) is 5.42. The van der Waals surface area contributed by atoms with Crippen molar-refractivity contribution in [3.05, 3.63) is 53.2 Å². The number of pyridine rings is 1. The number of phenolic OH excluding ortho intramolecular Hbond substituents is 1. The molecule has 6 heteroatoms. The van der Waals surface area contributed by atoms with Gasteiger partial charge in [0.15, 0.2) is 0 Å². The summed E-state index contributed by atoms with van der Waals surface area (Å²) < 4.78 is 0. The fourth-order valence-electron chi connectivity index (χ4n) is 2.19. The number of aromatic nitrogens is 1. The van der Waals surface area contributed by atoms with E-state index in [0.29, 0.717) is 5.82 Å². The first-order valence-electron chi connectivity index (χ1n) is 7.83. The number of nitrogens with one attached hydrogen (secondary N) is 2. The highest BCUT2D eigenvalue weighted by Crippen LogP contribution is 2.18. The summed E-state index contributed by atoms with van der Waals surface area (Å²) in [5.74, 6) is -0.220. The number of benzene rings is 1. The molecule has 2 amide bonds. The van der Waals surface area contributed by atoms with Crippen molar-refractivity contribution in [1.82, 2.24) is 10.3 Å². The number of hydrogen-bond acceptors (Lipinski definition) is 4. The third-order valence-corrected chi connectivity index (χ3v) is 3.51. The zero-order chi connectivity index (χ0) is 17.5. The summed E-state index contributed by atoms with van der Waals surface area (Å²) in [5.41, 5.74) is 1.99. The monoisotopic (exact) mass is 327 g/mol. The van der Waals surface area contributed by atoms with Crippen LogP contribution in [0.2, 0.25) is 0 Å². The van der Waals surface area contributed by atoms with Gasteiger partial charge in [0.05, 0.1) is 5.56 Å². The van der Waals surface area contributed by atoms with Gasteiger partial charge in [-0.05, 0) is 43.2 Å². The van der Waals surface area contributed by atoms with Crippen molar-refractivity contribution in [2.24, 2.45) is 0 Å². The molecule has 0 aliphatic rings. The molecule has 0 saturated heterocycles. The van der Waals surface area contributed by atoms with Crippen LogP contribution in [0.4, 0.5) is 5.82 Å². The van der Waals surface area contributed by atoms with Crippen LogP contribution in [0.25, 0.3) is 0 Å². The Labute approximate surface area is 140 Å². The Morgan fingerprint density at radius 3 is 2.71 bits per heavy atom. The van der Waals surface area contributed by atoms with Gasteiger partial charge in [0.2, 0.25) is 5.91 Å². The third kappa shape index (κ3) is 4.81. The van der Waals surface area contributed by atoms with E-state index in [1.54, 1.807) is 18.2 Å². The van der Waals surface area contributed by atoms with E-state index in [-0.39, 0.29) is 30.2 Å². The maximum atomic E-state index is 12.1. The van der Waals surface area contributed by atoms with Gasteiger partial charge in [0, 0.05) is 18.7 Å². The molecule has 0 unspecified atom stereocenters. The molecule has 1 heterocycles. The van der Waals surface area contributed by atoms with Gasteiger partial charge in [0.1, 0.15) is 11.6 Å². The number of hydrogen-bond donors (Lipinski definition) is 3. The highest BCUT2D eigenvalue weighted by Gasteiger charge is 2.12. The van der Waals surface area contributed by atoms with Crippen molar-refractivity contribution in [1.29, 1.82) is 0 Å². The molecule has 0 radical (unpaired) electrons. The topological polar surface area (TPSA) is 91.3 Å². The Morgan fingerprint density at radius 2 is 2.00 bits per heavy atom. The fourth-order valence-corrected chi connectivity index (χ4v) is 2.19. The Balaban J connectivity index is 1.85. The van der Waals surface area contributed by atoms with Crippen LogP contribution in [-0.4, -0.2) is 28.4 Å². The van der Waals surface area contributed by atoms with Crippen LogP contribution in [0, 0.1) is 6.92 Å². The second kappa shape index (κ2) is 8.10. The van der Waals surface area contributed by atoms with Gasteiger partial charge >= 0.3 is 0 Å². The highest BCUT2D eigenvalue weighted by molar-refractivity contribution is 5.97. The molecular weight excluding hydrogens is 306 g/mol. The summed E-state index contributed by atoms with van der Waals surface area (Å²) in [4.78, 5) is 28.1. The normalized spacial score (nSPS) is 10.2. The van der Waals surface area contributed by atoms with Crippen LogP contribution in [0.15, 0.2) is 36.4 Å². The number of carbonyl (C=O) groups is 2. The lowest BCUT2D eigenvalue weighted by Gasteiger charge is -2.09. The number of aromatic hydroxyl groups is 1. The maximum Gasteiger partial charge on any atom is 0.255 e. The average Bonchev–Trinajstić information content (AvgIpc) is 2.55. The minimum atomic E-state index is -0.399. The molecule has 126 valence electrons. The lowest BCUT2D eigenvalue weighted by molar-refractivity contribution is -0.116. The quantitative estimate of drug-likeness (QED) is 0.760. The highest BCUT2D eigenvalue weighted by atomic mass is 16.3. The van der Waals surface area contributed by atoms with Gasteiger partial charge in [-0.25, -0.2) is 4.98 Å². The molecule has 3 N–H and O–H groups in total. The predicted octanol–water partition coefficient (Wildman–Crippen LogP) is 2.42. The largest absolute Gasteiger partial charge is 0.507 e. The van der Waals surface area contributed by atoms with E-state index in [9.17, 15) is 14.7 Å². The smallest absolute Gasteiger partial charge is 0.255 e. The lowest BCUT2D eigenvalue weighted by Crippen LogP contribution is -2.28. The van der Waals surface area contributed by atoms with Crippen molar-refractivity contribution in [2.45, 2.75) is 26.7 Å². The molecule has 1 aromatic carbocycles. The van der Waals surface area contributed by atoms with E-state index in [1.807, 2.05) is 26.0 Å². The molecule has 2 aromatic rings. The van der Waals surface area contributed by atoms with E-state index < -0.39 is 5.91 Å². The van der Waals surface area contributed by atoms with E-state index >= 15 is 0 Å². The number of aryl methyl sites for hydroxylation is 2. The summed E-state index contributed by atoms with van der Waals surface area (Å²) >= 11 is 0. The maximum absolute atomic E-state index is 12.1. The average molecular weight is 327 g/mol. The first kappa shape index (κ1) is 17.5. The van der Waals surface area contributed by atoms with Crippen molar-refractivity contribution in [2.75, 3.05) is 11.9 Å². The molecule has 2 rings (SSSR count). The Morgan fingerprint density at radius 1 is 1.21 bits per heavy atom. The molecule has 1 aromatic heterocycles. The molecule has 0 aliphatic heterocycles. The predicted molar refractivity (Wildman–Crippen MR) is 92.0 cm³/mol. The zero-order valence-electron chi connectivity index (χ0n) is 13.8. The van der Waals surface area contributed by atoms with E-state index in [1.165, 1.54) is 6.07 Å². The van der Waals surface area contributed by atoms with Gasteiger partial charge in [-0.2, -0.15) is 0 Å². The molecular formula is C18H21N3O3. The van der Waals surface area contributed by atoms with Crippen LogP contribution in [0.1, 0.15) is 35.0 Å². The molecule has 6 nitrogen and oxygen atoms in total. The summed E-state index contributed by atoms with van der Waals surface area (Å²) in [6.07, 6.45) is 0.891. The summed E-state index contributed by atoms with van der Waals surface area (Å²) in [6.45, 7) is 3.98. The number of rotatable bonds is 6. The summed E-state index contributed by atoms with van der Waals surface area (Å²) in [7, 11) is 0. The summed E-state index contributed by atoms with van der Waals surface area (Å²) in [5, 5.41) is 15.1. The van der Waals surface area contributed by atoms with Crippen molar-refractivity contribution in [3.63, 3.8) is 0 Å². The summed E-state index contributed by atoms with van der Waals surface area (Å²) in [6, 6.07) is 10.3. The number of nitrogens with zero attached hydrogens (tertiary/aromatic N) is 1.